The normalized spacial score (nSPS) is 15.1. The van der Waals surface area contributed by atoms with E-state index in [0.29, 0.717) is 44.5 Å². The second kappa shape index (κ2) is 8.69. The Balaban J connectivity index is 1.65. The number of nitrogens with zero attached hydrogens (tertiary/aromatic N) is 4. The molecule has 2 aromatic heterocycles. The molecule has 0 saturated heterocycles. The van der Waals surface area contributed by atoms with E-state index in [0.717, 1.165) is 5.56 Å². The molecule has 0 spiro atoms. The summed E-state index contributed by atoms with van der Waals surface area (Å²) in [4.78, 5) is 22.3. The maximum absolute atomic E-state index is 13.5. The molecule has 2 N–H and O–H groups in total. The van der Waals surface area contributed by atoms with Gasteiger partial charge in [-0.15, -0.1) is 5.10 Å². The van der Waals surface area contributed by atoms with Gasteiger partial charge in [-0.2, -0.15) is 4.98 Å². The van der Waals surface area contributed by atoms with E-state index >= 15 is 0 Å². The van der Waals surface area contributed by atoms with Gasteiger partial charge in [0.1, 0.15) is 11.9 Å². The fraction of sp³-hybridized carbons (Fsp3) is 0.0833. The second-order valence-electron chi connectivity index (χ2n) is 7.45. The molecule has 1 aliphatic rings. The number of pyridine rings is 1. The summed E-state index contributed by atoms with van der Waals surface area (Å²) < 4.78 is 1.67. The fourth-order valence-corrected chi connectivity index (χ4v) is 4.21. The van der Waals surface area contributed by atoms with Gasteiger partial charge in [-0.1, -0.05) is 71.7 Å². The first kappa shape index (κ1) is 21.2. The van der Waals surface area contributed by atoms with Crippen LogP contribution >= 0.6 is 23.2 Å². The quantitative estimate of drug-likeness (QED) is 0.401. The van der Waals surface area contributed by atoms with Gasteiger partial charge in [0, 0.05) is 23.0 Å². The van der Waals surface area contributed by atoms with E-state index in [1.165, 1.54) is 0 Å². The van der Waals surface area contributed by atoms with E-state index in [9.17, 15) is 4.79 Å². The standard InChI is InChI=1S/C24H18Cl2N6O/c1-14-19(23(33)29-18-12-5-6-13-27-18)21(16-10-7-11-17(25)20(16)26)32-24(28-14)30-22(31-32)15-8-3-2-4-9-15/h2-13,21H,1H3,(H,27,29,33)(H,28,30,31). The molecular formula is C24H18Cl2N6O. The Kier molecular flexibility index (Phi) is 5.58. The Morgan fingerprint density at radius 1 is 1.03 bits per heavy atom. The summed E-state index contributed by atoms with van der Waals surface area (Å²) >= 11 is 12.9. The molecule has 3 heterocycles. The first-order chi connectivity index (χ1) is 16.0. The molecule has 2 aromatic carbocycles. The maximum Gasteiger partial charge on any atom is 0.257 e. The zero-order valence-electron chi connectivity index (χ0n) is 17.5. The molecule has 0 aliphatic carbocycles. The summed E-state index contributed by atoms with van der Waals surface area (Å²) in [7, 11) is 0. The van der Waals surface area contributed by atoms with E-state index in [1.54, 1.807) is 41.2 Å². The van der Waals surface area contributed by atoms with Crippen LogP contribution in [0.4, 0.5) is 11.8 Å². The van der Waals surface area contributed by atoms with Gasteiger partial charge in [0.15, 0.2) is 5.82 Å². The minimum Gasteiger partial charge on any atom is -0.328 e. The van der Waals surface area contributed by atoms with E-state index in [2.05, 4.69) is 20.6 Å². The molecular weight excluding hydrogens is 459 g/mol. The summed E-state index contributed by atoms with van der Waals surface area (Å²) in [5.74, 6) is 1.14. The average Bonchev–Trinajstić information content (AvgIpc) is 3.25. The first-order valence-corrected chi connectivity index (χ1v) is 10.9. The third kappa shape index (κ3) is 3.97. The molecule has 0 bridgehead atoms. The number of anilines is 2. The van der Waals surface area contributed by atoms with Crippen LogP contribution in [0.15, 0.2) is 84.2 Å². The summed E-state index contributed by atoms with van der Waals surface area (Å²) in [6.07, 6.45) is 1.61. The zero-order valence-corrected chi connectivity index (χ0v) is 19.0. The first-order valence-electron chi connectivity index (χ1n) is 10.2. The Morgan fingerprint density at radius 2 is 1.82 bits per heavy atom. The third-order valence-electron chi connectivity index (χ3n) is 5.31. The predicted octanol–water partition coefficient (Wildman–Crippen LogP) is 5.57. The lowest BCUT2D eigenvalue weighted by Crippen LogP contribution is -2.31. The van der Waals surface area contributed by atoms with Gasteiger partial charge in [-0.05, 0) is 25.1 Å². The van der Waals surface area contributed by atoms with Crippen molar-refractivity contribution in [3.63, 3.8) is 0 Å². The van der Waals surface area contributed by atoms with E-state index in [4.69, 9.17) is 28.3 Å². The lowest BCUT2D eigenvalue weighted by atomic mass is 9.95. The molecule has 5 rings (SSSR count). The van der Waals surface area contributed by atoms with Crippen LogP contribution < -0.4 is 10.6 Å². The highest BCUT2D eigenvalue weighted by Crippen LogP contribution is 2.41. The van der Waals surface area contributed by atoms with Crippen molar-refractivity contribution >= 4 is 40.9 Å². The van der Waals surface area contributed by atoms with Gasteiger partial charge in [0.25, 0.3) is 5.91 Å². The highest BCUT2D eigenvalue weighted by molar-refractivity contribution is 6.42. The number of amides is 1. The van der Waals surface area contributed by atoms with Crippen molar-refractivity contribution in [1.82, 2.24) is 19.7 Å². The average molecular weight is 477 g/mol. The molecule has 0 radical (unpaired) electrons. The number of benzene rings is 2. The van der Waals surface area contributed by atoms with Crippen LogP contribution in [0.5, 0.6) is 0 Å². The number of carbonyl (C=O) groups is 1. The van der Waals surface area contributed by atoms with Gasteiger partial charge >= 0.3 is 0 Å². The Hall–Kier alpha value is -3.68. The predicted molar refractivity (Wildman–Crippen MR) is 129 cm³/mol. The summed E-state index contributed by atoms with van der Waals surface area (Å²) in [5.41, 5.74) is 2.56. The van der Waals surface area contributed by atoms with Gasteiger partial charge in [0.2, 0.25) is 5.95 Å². The lowest BCUT2D eigenvalue weighted by Gasteiger charge is -2.29. The largest absolute Gasteiger partial charge is 0.328 e. The van der Waals surface area contributed by atoms with Gasteiger partial charge in [-0.25, -0.2) is 9.67 Å². The number of halogens is 2. The lowest BCUT2D eigenvalue weighted by molar-refractivity contribution is -0.113. The van der Waals surface area contributed by atoms with Crippen molar-refractivity contribution in [2.24, 2.45) is 0 Å². The number of nitrogens with one attached hydrogen (secondary N) is 2. The van der Waals surface area contributed by atoms with Crippen molar-refractivity contribution in [3.8, 4) is 11.4 Å². The summed E-state index contributed by atoms with van der Waals surface area (Å²) in [6, 6.07) is 19.6. The Morgan fingerprint density at radius 3 is 2.58 bits per heavy atom. The Bertz CT molecular complexity index is 1370. The number of allylic oxidation sites excluding steroid dienone is 1. The molecule has 1 atom stereocenters. The van der Waals surface area contributed by atoms with Crippen LogP contribution in [0.2, 0.25) is 10.0 Å². The van der Waals surface area contributed by atoms with Crippen LogP contribution in [0.25, 0.3) is 11.4 Å². The number of hydrogen-bond donors (Lipinski definition) is 2. The van der Waals surface area contributed by atoms with Crippen LogP contribution in [0.3, 0.4) is 0 Å². The number of carbonyl (C=O) groups excluding carboxylic acids is 1. The number of hydrogen-bond acceptors (Lipinski definition) is 5. The number of aromatic nitrogens is 4. The maximum atomic E-state index is 13.5. The van der Waals surface area contributed by atoms with E-state index < -0.39 is 6.04 Å². The van der Waals surface area contributed by atoms with Crippen LogP contribution in [0, 0.1) is 0 Å². The topological polar surface area (TPSA) is 84.7 Å². The van der Waals surface area contributed by atoms with E-state index in [1.807, 2.05) is 43.3 Å². The molecule has 164 valence electrons. The molecule has 4 aromatic rings. The monoisotopic (exact) mass is 476 g/mol. The van der Waals surface area contributed by atoms with Crippen LogP contribution in [-0.4, -0.2) is 25.7 Å². The van der Waals surface area contributed by atoms with Crippen LogP contribution in [-0.2, 0) is 4.79 Å². The molecule has 1 unspecified atom stereocenters. The molecule has 7 nitrogen and oxygen atoms in total. The second-order valence-corrected chi connectivity index (χ2v) is 8.23. The van der Waals surface area contributed by atoms with Gasteiger partial charge in [0.05, 0.1) is 15.6 Å². The fourth-order valence-electron chi connectivity index (χ4n) is 3.79. The van der Waals surface area contributed by atoms with Crippen LogP contribution in [0.1, 0.15) is 18.5 Å². The van der Waals surface area contributed by atoms with E-state index in [-0.39, 0.29) is 5.91 Å². The SMILES string of the molecule is CC1=C(C(=O)Nc2ccccn2)C(c2cccc(Cl)c2Cl)n2nc(-c3ccccc3)nc2N1. The summed E-state index contributed by atoms with van der Waals surface area (Å²) in [6.45, 7) is 1.82. The molecule has 1 amide bonds. The highest BCUT2D eigenvalue weighted by atomic mass is 35.5. The van der Waals surface area contributed by atoms with Gasteiger partial charge < -0.3 is 10.6 Å². The third-order valence-corrected chi connectivity index (χ3v) is 6.15. The van der Waals surface area contributed by atoms with Crippen molar-refractivity contribution < 1.29 is 4.79 Å². The summed E-state index contributed by atoms with van der Waals surface area (Å²) in [5, 5.41) is 11.5. The minimum atomic E-state index is -0.652. The molecule has 33 heavy (non-hydrogen) atoms. The smallest absolute Gasteiger partial charge is 0.257 e. The molecule has 1 aliphatic heterocycles. The number of fused-ring (bicyclic) bond motifs is 1. The minimum absolute atomic E-state index is 0.331. The van der Waals surface area contributed by atoms with Crippen molar-refractivity contribution in [1.29, 1.82) is 0 Å². The van der Waals surface area contributed by atoms with Gasteiger partial charge in [-0.3, -0.25) is 4.79 Å². The number of rotatable bonds is 4. The zero-order chi connectivity index (χ0) is 22.9. The molecule has 9 heteroatoms. The Labute approximate surface area is 200 Å². The van der Waals surface area contributed by atoms with Crippen molar-refractivity contribution in [3.05, 3.63) is 99.8 Å². The highest BCUT2D eigenvalue weighted by Gasteiger charge is 2.36. The van der Waals surface area contributed by atoms with Crippen molar-refractivity contribution in [2.75, 3.05) is 10.6 Å². The molecule has 0 saturated carbocycles. The molecule has 0 fully saturated rings. The van der Waals surface area contributed by atoms with Crippen molar-refractivity contribution in [2.45, 2.75) is 13.0 Å².